The van der Waals surface area contributed by atoms with E-state index >= 15 is 0 Å². The zero-order valence-electron chi connectivity index (χ0n) is 27.8. The standard InChI is InChI=1S/C46H36N4/c1-2-14-32(15-3-1)45-38-19-9-10-20-41(38)49(47-45)29-48-43-28-44-39(27-40(43)37-25-23-31-13-6-7-17-35(31)46(37)48)36-18-8-11-21-42(36)50(44)34-24-22-30-12-4-5-16-33(30)26-34/h1-8,10-18,20-27,37,43,46H,9,19,28-29H2. The molecular weight excluding hydrogens is 609 g/mol. The predicted octanol–water partition coefficient (Wildman–Crippen LogP) is 10.3. The lowest BCUT2D eigenvalue weighted by Crippen LogP contribution is -2.38. The summed E-state index contributed by atoms with van der Waals surface area (Å²) in [6.45, 7) is 0.733. The van der Waals surface area contributed by atoms with Gasteiger partial charge in [0.2, 0.25) is 0 Å². The van der Waals surface area contributed by atoms with Crippen LogP contribution in [0.1, 0.15) is 46.1 Å². The maximum atomic E-state index is 5.41. The molecule has 11 rings (SSSR count). The third-order valence-electron chi connectivity index (χ3n) is 11.6. The summed E-state index contributed by atoms with van der Waals surface area (Å²) in [6, 6.07) is 44.8. The monoisotopic (exact) mass is 644 g/mol. The summed E-state index contributed by atoms with van der Waals surface area (Å²) in [5, 5.41) is 9.28. The molecule has 7 aromatic rings. The first-order chi connectivity index (χ1) is 24.8. The van der Waals surface area contributed by atoms with Gasteiger partial charge >= 0.3 is 0 Å². The molecule has 4 nitrogen and oxygen atoms in total. The van der Waals surface area contributed by atoms with Crippen molar-refractivity contribution in [1.29, 1.82) is 0 Å². The van der Waals surface area contributed by atoms with Gasteiger partial charge in [-0.25, -0.2) is 0 Å². The Morgan fingerprint density at radius 3 is 2.52 bits per heavy atom. The van der Waals surface area contributed by atoms with Gasteiger partial charge in [-0.05, 0) is 64.6 Å². The highest BCUT2D eigenvalue weighted by Gasteiger charge is 2.48. The van der Waals surface area contributed by atoms with E-state index in [9.17, 15) is 0 Å². The van der Waals surface area contributed by atoms with Crippen molar-refractivity contribution in [3.05, 3.63) is 173 Å². The van der Waals surface area contributed by atoms with Crippen molar-refractivity contribution in [3.8, 4) is 16.9 Å². The third-order valence-corrected chi connectivity index (χ3v) is 11.6. The number of benzene rings is 5. The van der Waals surface area contributed by atoms with Crippen LogP contribution >= 0.6 is 0 Å². The number of rotatable bonds is 4. The number of nitrogens with zero attached hydrogens (tertiary/aromatic N) is 4. The normalized spacial score (nSPS) is 20.3. The van der Waals surface area contributed by atoms with Gasteiger partial charge in [-0.2, -0.15) is 5.10 Å². The minimum atomic E-state index is 0.240. The highest BCUT2D eigenvalue weighted by atomic mass is 15.4. The number of fused-ring (bicyclic) bond motifs is 10. The van der Waals surface area contributed by atoms with E-state index in [1.807, 2.05) is 0 Å². The first kappa shape index (κ1) is 28.2. The molecule has 240 valence electrons. The van der Waals surface area contributed by atoms with E-state index in [0.29, 0.717) is 5.92 Å². The van der Waals surface area contributed by atoms with Crippen molar-refractivity contribution >= 4 is 39.9 Å². The van der Waals surface area contributed by atoms with E-state index in [1.165, 1.54) is 72.1 Å². The maximum Gasteiger partial charge on any atom is 0.0962 e. The van der Waals surface area contributed by atoms with Gasteiger partial charge in [0, 0.05) is 57.9 Å². The number of allylic oxidation sites excluding steroid dienone is 1. The lowest BCUT2D eigenvalue weighted by atomic mass is 9.80. The Balaban J connectivity index is 1.09. The summed E-state index contributed by atoms with van der Waals surface area (Å²) >= 11 is 0. The third kappa shape index (κ3) is 4.12. The van der Waals surface area contributed by atoms with Crippen molar-refractivity contribution in [3.63, 3.8) is 0 Å². The first-order valence-electron chi connectivity index (χ1n) is 18.0. The van der Waals surface area contributed by atoms with Crippen LogP contribution in [-0.2, 0) is 19.5 Å². The van der Waals surface area contributed by atoms with Crippen LogP contribution in [-0.4, -0.2) is 25.3 Å². The number of hydrogen-bond acceptors (Lipinski definition) is 2. The fraction of sp³-hybridized carbons (Fsp3) is 0.152. The van der Waals surface area contributed by atoms with Crippen LogP contribution in [0.15, 0.2) is 139 Å². The molecule has 0 amide bonds. The van der Waals surface area contributed by atoms with Crippen LogP contribution in [0.4, 0.5) is 0 Å². The van der Waals surface area contributed by atoms with Gasteiger partial charge in [-0.15, -0.1) is 0 Å². The molecule has 4 heteroatoms. The molecule has 4 aliphatic rings. The van der Waals surface area contributed by atoms with Crippen molar-refractivity contribution < 1.29 is 0 Å². The number of aromatic nitrogens is 3. The van der Waals surface area contributed by atoms with E-state index in [4.69, 9.17) is 5.10 Å². The van der Waals surface area contributed by atoms with E-state index in [0.717, 1.165) is 31.6 Å². The molecule has 3 atom stereocenters. The summed E-state index contributed by atoms with van der Waals surface area (Å²) in [4.78, 5) is 2.77. The molecule has 1 fully saturated rings. The van der Waals surface area contributed by atoms with Gasteiger partial charge in [0.05, 0.1) is 23.6 Å². The quantitative estimate of drug-likeness (QED) is 0.191. The van der Waals surface area contributed by atoms with E-state index in [2.05, 4.69) is 166 Å². The molecule has 5 aromatic carbocycles. The van der Waals surface area contributed by atoms with Crippen LogP contribution < -0.4 is 0 Å². The van der Waals surface area contributed by atoms with Crippen LogP contribution in [0, 0.1) is 5.92 Å². The number of hydrogen-bond donors (Lipinski definition) is 0. The molecule has 2 aromatic heterocycles. The van der Waals surface area contributed by atoms with E-state index < -0.39 is 0 Å². The minimum absolute atomic E-state index is 0.240. The summed E-state index contributed by atoms with van der Waals surface area (Å²) in [6.07, 6.45) is 15.1. The van der Waals surface area contributed by atoms with Crippen LogP contribution in [0.25, 0.3) is 56.8 Å². The molecule has 0 spiro atoms. The fourth-order valence-electron chi connectivity index (χ4n) is 9.44. The molecular formula is C46H36N4. The predicted molar refractivity (Wildman–Crippen MR) is 205 cm³/mol. The minimum Gasteiger partial charge on any atom is -0.313 e. The molecule has 3 aliphatic carbocycles. The average molecular weight is 645 g/mol. The molecule has 0 saturated carbocycles. The van der Waals surface area contributed by atoms with E-state index in [1.54, 1.807) is 0 Å². The lowest BCUT2D eigenvalue weighted by Gasteiger charge is -2.34. The second-order valence-electron chi connectivity index (χ2n) is 14.2. The Labute approximate surface area is 291 Å². The van der Waals surface area contributed by atoms with Crippen molar-refractivity contribution in [1.82, 2.24) is 19.2 Å². The summed E-state index contributed by atoms with van der Waals surface area (Å²) in [7, 11) is 0. The molecule has 1 saturated heterocycles. The Bertz CT molecular complexity index is 2580. The molecule has 0 bridgehead atoms. The Kier molecular flexibility index (Phi) is 6.14. The van der Waals surface area contributed by atoms with E-state index in [-0.39, 0.29) is 12.1 Å². The first-order valence-corrected chi connectivity index (χ1v) is 18.0. The smallest absolute Gasteiger partial charge is 0.0962 e. The fourth-order valence-corrected chi connectivity index (χ4v) is 9.44. The van der Waals surface area contributed by atoms with Gasteiger partial charge < -0.3 is 4.57 Å². The highest BCUT2D eigenvalue weighted by molar-refractivity contribution is 5.95. The molecule has 3 unspecified atom stereocenters. The van der Waals surface area contributed by atoms with Crippen LogP contribution in [0.3, 0.4) is 0 Å². The highest BCUT2D eigenvalue weighted by Crippen LogP contribution is 2.53. The van der Waals surface area contributed by atoms with Gasteiger partial charge in [-0.3, -0.25) is 9.58 Å². The number of para-hydroxylation sites is 1. The van der Waals surface area contributed by atoms with Gasteiger partial charge in [0.25, 0.3) is 0 Å². The summed E-state index contributed by atoms with van der Waals surface area (Å²) in [5.41, 5.74) is 14.5. The second-order valence-corrected chi connectivity index (χ2v) is 14.2. The topological polar surface area (TPSA) is 26.0 Å². The number of likely N-dealkylation sites (tertiary alicyclic amines) is 1. The zero-order chi connectivity index (χ0) is 32.8. The second kappa shape index (κ2) is 10.9. The maximum absolute atomic E-state index is 5.41. The van der Waals surface area contributed by atoms with Gasteiger partial charge in [-0.1, -0.05) is 127 Å². The molecule has 0 N–H and O–H groups in total. The molecule has 0 radical (unpaired) electrons. The molecule has 3 heterocycles. The van der Waals surface area contributed by atoms with Crippen LogP contribution in [0.2, 0.25) is 0 Å². The summed E-state index contributed by atoms with van der Waals surface area (Å²) < 4.78 is 4.85. The summed E-state index contributed by atoms with van der Waals surface area (Å²) in [5.74, 6) is 0.307. The van der Waals surface area contributed by atoms with Gasteiger partial charge in [0.1, 0.15) is 0 Å². The zero-order valence-corrected chi connectivity index (χ0v) is 27.8. The van der Waals surface area contributed by atoms with Crippen molar-refractivity contribution in [2.45, 2.75) is 38.0 Å². The van der Waals surface area contributed by atoms with Crippen molar-refractivity contribution in [2.75, 3.05) is 0 Å². The van der Waals surface area contributed by atoms with Crippen molar-refractivity contribution in [2.24, 2.45) is 5.92 Å². The molecule has 50 heavy (non-hydrogen) atoms. The Hall–Kier alpha value is -5.71. The molecule has 1 aliphatic heterocycles. The SMILES string of the molecule is C1=Cc2c(c(-c3ccccc3)nn2CN2C3Cc4c(c5ccccc5n4-c4ccc5ccccc5c4)C=C3C3C=Cc4ccccc4C32)CC1. The largest absolute Gasteiger partial charge is 0.313 e. The van der Waals surface area contributed by atoms with Gasteiger partial charge in [0.15, 0.2) is 0 Å². The lowest BCUT2D eigenvalue weighted by molar-refractivity contribution is 0.133. The Morgan fingerprint density at radius 1 is 0.760 bits per heavy atom. The Morgan fingerprint density at radius 2 is 1.58 bits per heavy atom. The average Bonchev–Trinajstić information content (AvgIpc) is 3.82. The van der Waals surface area contributed by atoms with Crippen LogP contribution in [0.5, 0.6) is 0 Å².